The van der Waals surface area contributed by atoms with Gasteiger partial charge in [-0.3, -0.25) is 9.78 Å². The lowest BCUT2D eigenvalue weighted by atomic mass is 10.2. The van der Waals surface area contributed by atoms with Gasteiger partial charge >= 0.3 is 5.97 Å². The molecule has 6 nitrogen and oxygen atoms in total. The number of nitrogens with one attached hydrogen (secondary N) is 1. The molecule has 1 aromatic heterocycles. The van der Waals surface area contributed by atoms with Gasteiger partial charge in [-0.05, 0) is 24.6 Å². The van der Waals surface area contributed by atoms with Crippen molar-refractivity contribution in [1.82, 2.24) is 15.3 Å². The molecule has 7 heteroatoms. The van der Waals surface area contributed by atoms with Crippen molar-refractivity contribution in [3.05, 3.63) is 58.6 Å². The number of carbonyl (C=O) groups excluding carboxylic acids is 2. The van der Waals surface area contributed by atoms with Crippen LogP contribution in [0.5, 0.6) is 0 Å². The van der Waals surface area contributed by atoms with Crippen LogP contribution in [0.1, 0.15) is 21.7 Å². The zero-order valence-electron chi connectivity index (χ0n) is 11.9. The Bertz CT molecular complexity index is 674. The highest BCUT2D eigenvalue weighted by Crippen LogP contribution is 2.10. The third-order valence-electron chi connectivity index (χ3n) is 2.70. The van der Waals surface area contributed by atoms with Crippen molar-refractivity contribution in [3.8, 4) is 0 Å². The van der Waals surface area contributed by atoms with Crippen molar-refractivity contribution >= 4 is 23.5 Å². The molecule has 0 bridgehead atoms. The summed E-state index contributed by atoms with van der Waals surface area (Å²) in [5, 5.41) is 3.22. The molecular weight excluding hydrogens is 306 g/mol. The monoisotopic (exact) mass is 319 g/mol. The van der Waals surface area contributed by atoms with Gasteiger partial charge < -0.3 is 10.1 Å². The van der Waals surface area contributed by atoms with Gasteiger partial charge in [-0.1, -0.05) is 23.7 Å². The molecule has 0 fully saturated rings. The van der Waals surface area contributed by atoms with Crippen molar-refractivity contribution in [2.45, 2.75) is 13.5 Å². The Hall–Kier alpha value is -2.47. The van der Waals surface area contributed by atoms with Gasteiger partial charge in [-0.25, -0.2) is 9.78 Å². The number of aryl methyl sites for hydroxylation is 1. The van der Waals surface area contributed by atoms with Crippen LogP contribution in [0.3, 0.4) is 0 Å². The van der Waals surface area contributed by atoms with E-state index in [1.54, 1.807) is 25.1 Å². The topological polar surface area (TPSA) is 81.2 Å². The average Bonchev–Trinajstić information content (AvgIpc) is 2.51. The van der Waals surface area contributed by atoms with Crippen molar-refractivity contribution in [1.29, 1.82) is 0 Å². The number of hydrogen-bond donors (Lipinski definition) is 1. The number of rotatable bonds is 5. The summed E-state index contributed by atoms with van der Waals surface area (Å²) in [5.74, 6) is -1.10. The molecule has 114 valence electrons. The summed E-state index contributed by atoms with van der Waals surface area (Å²) in [6.45, 7) is 1.68. The van der Waals surface area contributed by atoms with E-state index >= 15 is 0 Å². The zero-order chi connectivity index (χ0) is 15.9. The van der Waals surface area contributed by atoms with Crippen LogP contribution in [0.4, 0.5) is 0 Å². The molecule has 0 atom stereocenters. The van der Waals surface area contributed by atoms with Crippen LogP contribution < -0.4 is 5.32 Å². The van der Waals surface area contributed by atoms with Crippen LogP contribution in [0.2, 0.25) is 5.02 Å². The number of benzene rings is 1. The molecule has 0 saturated heterocycles. The maximum Gasteiger partial charge on any atom is 0.359 e. The fraction of sp³-hybridized carbons (Fsp3) is 0.200. The maximum atomic E-state index is 11.7. The largest absolute Gasteiger partial charge is 0.451 e. The molecule has 1 amide bonds. The highest BCUT2D eigenvalue weighted by atomic mass is 35.5. The highest BCUT2D eigenvalue weighted by molar-refractivity contribution is 6.30. The summed E-state index contributed by atoms with van der Waals surface area (Å²) in [5.41, 5.74) is 1.61. The van der Waals surface area contributed by atoms with E-state index in [4.69, 9.17) is 16.3 Å². The van der Waals surface area contributed by atoms with Crippen molar-refractivity contribution in [2.75, 3.05) is 6.61 Å². The summed E-state index contributed by atoms with van der Waals surface area (Å²) in [6.07, 6.45) is 2.76. The van der Waals surface area contributed by atoms with Crippen LogP contribution in [0.25, 0.3) is 0 Å². The smallest absolute Gasteiger partial charge is 0.359 e. The van der Waals surface area contributed by atoms with Gasteiger partial charge in [-0.15, -0.1) is 0 Å². The predicted octanol–water partition coefficient (Wildman–Crippen LogP) is 1.91. The molecule has 2 aromatic rings. The first-order chi connectivity index (χ1) is 10.5. The fourth-order valence-corrected chi connectivity index (χ4v) is 1.81. The number of carbonyl (C=O) groups is 2. The first kappa shape index (κ1) is 15.9. The highest BCUT2D eigenvalue weighted by Gasteiger charge is 2.11. The summed E-state index contributed by atoms with van der Waals surface area (Å²) in [7, 11) is 0. The van der Waals surface area contributed by atoms with Crippen LogP contribution in [-0.2, 0) is 16.1 Å². The number of amides is 1. The Morgan fingerprint density at radius 3 is 2.77 bits per heavy atom. The second kappa shape index (κ2) is 7.51. The van der Waals surface area contributed by atoms with Crippen LogP contribution >= 0.6 is 11.6 Å². The van der Waals surface area contributed by atoms with E-state index in [1.165, 1.54) is 12.4 Å². The van der Waals surface area contributed by atoms with Crippen LogP contribution in [-0.4, -0.2) is 28.5 Å². The standard InChI is InChI=1S/C15H14ClN3O3/c1-10-6-18-13(8-17-10)15(21)22-9-14(20)19-7-11-3-2-4-12(16)5-11/h2-6,8H,7,9H2,1H3,(H,19,20). The quantitative estimate of drug-likeness (QED) is 0.851. The Labute approximate surface area is 132 Å². The molecule has 1 aromatic carbocycles. The second-order valence-electron chi connectivity index (χ2n) is 4.53. The molecule has 0 saturated carbocycles. The number of aromatic nitrogens is 2. The zero-order valence-corrected chi connectivity index (χ0v) is 12.6. The van der Waals surface area contributed by atoms with Gasteiger partial charge in [0.2, 0.25) is 0 Å². The summed E-state index contributed by atoms with van der Waals surface area (Å²) >= 11 is 5.85. The van der Waals surface area contributed by atoms with E-state index < -0.39 is 11.9 Å². The fourth-order valence-electron chi connectivity index (χ4n) is 1.60. The van der Waals surface area contributed by atoms with Crippen molar-refractivity contribution in [2.24, 2.45) is 0 Å². The minimum Gasteiger partial charge on any atom is -0.451 e. The van der Waals surface area contributed by atoms with E-state index in [0.717, 1.165) is 5.56 Å². The molecule has 1 heterocycles. The van der Waals surface area contributed by atoms with E-state index in [1.807, 2.05) is 6.07 Å². The molecule has 0 aliphatic rings. The lowest BCUT2D eigenvalue weighted by Crippen LogP contribution is -2.28. The molecular formula is C15H14ClN3O3. The Kier molecular flexibility index (Phi) is 5.43. The molecule has 0 radical (unpaired) electrons. The van der Waals surface area contributed by atoms with Crippen molar-refractivity contribution < 1.29 is 14.3 Å². The molecule has 0 unspecified atom stereocenters. The van der Waals surface area contributed by atoms with Gasteiger partial charge in [0, 0.05) is 17.8 Å². The van der Waals surface area contributed by atoms with E-state index in [-0.39, 0.29) is 12.3 Å². The van der Waals surface area contributed by atoms with Gasteiger partial charge in [-0.2, -0.15) is 0 Å². The first-order valence-electron chi connectivity index (χ1n) is 6.51. The lowest BCUT2D eigenvalue weighted by molar-refractivity contribution is -0.124. The predicted molar refractivity (Wildman–Crippen MR) is 80.4 cm³/mol. The normalized spacial score (nSPS) is 10.1. The minimum absolute atomic E-state index is 0.0632. The molecule has 22 heavy (non-hydrogen) atoms. The third-order valence-corrected chi connectivity index (χ3v) is 2.94. The Morgan fingerprint density at radius 1 is 1.27 bits per heavy atom. The van der Waals surface area contributed by atoms with Crippen LogP contribution in [0, 0.1) is 6.92 Å². The lowest BCUT2D eigenvalue weighted by Gasteiger charge is -2.06. The van der Waals surface area contributed by atoms with Crippen LogP contribution in [0.15, 0.2) is 36.7 Å². The van der Waals surface area contributed by atoms with Gasteiger partial charge in [0.15, 0.2) is 12.3 Å². The third kappa shape index (κ3) is 4.82. The first-order valence-corrected chi connectivity index (χ1v) is 6.89. The number of esters is 1. The second-order valence-corrected chi connectivity index (χ2v) is 4.96. The number of halogens is 1. The number of nitrogens with zero attached hydrogens (tertiary/aromatic N) is 2. The van der Waals surface area contributed by atoms with Crippen molar-refractivity contribution in [3.63, 3.8) is 0 Å². The summed E-state index contributed by atoms with van der Waals surface area (Å²) in [6, 6.07) is 7.12. The van der Waals surface area contributed by atoms with E-state index in [0.29, 0.717) is 17.3 Å². The molecule has 0 spiro atoms. The van der Waals surface area contributed by atoms with Gasteiger partial charge in [0.1, 0.15) is 0 Å². The Morgan fingerprint density at radius 2 is 2.09 bits per heavy atom. The maximum absolute atomic E-state index is 11.7. The summed E-state index contributed by atoms with van der Waals surface area (Å²) < 4.78 is 4.86. The SMILES string of the molecule is Cc1cnc(C(=O)OCC(=O)NCc2cccc(Cl)c2)cn1. The molecule has 2 rings (SSSR count). The van der Waals surface area contributed by atoms with Gasteiger partial charge in [0.25, 0.3) is 5.91 Å². The van der Waals surface area contributed by atoms with E-state index in [9.17, 15) is 9.59 Å². The minimum atomic E-state index is -0.689. The molecule has 0 aliphatic carbocycles. The van der Waals surface area contributed by atoms with E-state index in [2.05, 4.69) is 15.3 Å². The summed E-state index contributed by atoms with van der Waals surface area (Å²) in [4.78, 5) is 31.1. The molecule has 0 aliphatic heterocycles. The number of ether oxygens (including phenoxy) is 1. The van der Waals surface area contributed by atoms with Gasteiger partial charge in [0.05, 0.1) is 11.9 Å². The number of hydrogen-bond acceptors (Lipinski definition) is 5. The Balaban J connectivity index is 1.78. The molecule has 1 N–H and O–H groups in total. The average molecular weight is 320 g/mol.